The van der Waals surface area contributed by atoms with Crippen LogP contribution in [0.5, 0.6) is 0 Å². The molecule has 0 unspecified atom stereocenters. The zero-order chi connectivity index (χ0) is 11.9. The van der Waals surface area contributed by atoms with Crippen LogP contribution in [0, 0.1) is 10.8 Å². The van der Waals surface area contributed by atoms with Gasteiger partial charge in [-0.1, -0.05) is 47.6 Å². The van der Waals surface area contributed by atoms with Crippen LogP contribution in [0.4, 0.5) is 0 Å². The molecule has 0 aromatic carbocycles. The zero-order valence-electron chi connectivity index (χ0n) is 10.7. The number of hydrogen-bond acceptors (Lipinski definition) is 2. The predicted octanol–water partition coefficient (Wildman–Crippen LogP) is 3.67. The highest BCUT2D eigenvalue weighted by Crippen LogP contribution is 2.44. The second-order valence-corrected chi connectivity index (χ2v) is 8.83. The molecule has 0 aliphatic carbocycles. The van der Waals surface area contributed by atoms with Crippen LogP contribution in [0.25, 0.3) is 0 Å². The fourth-order valence-electron chi connectivity index (χ4n) is 1.59. The summed E-state index contributed by atoms with van der Waals surface area (Å²) in [7, 11) is -2.18. The zero-order valence-corrected chi connectivity index (χ0v) is 11.7. The van der Waals surface area contributed by atoms with E-state index in [0.29, 0.717) is 0 Å². The van der Waals surface area contributed by atoms with Crippen molar-refractivity contribution < 1.29 is 9.15 Å². The van der Waals surface area contributed by atoms with Gasteiger partial charge < -0.3 is 0 Å². The van der Waals surface area contributed by atoms with Crippen LogP contribution in [-0.4, -0.2) is 8.56 Å². The van der Waals surface area contributed by atoms with Crippen molar-refractivity contribution in [3.63, 3.8) is 0 Å². The molecule has 1 rings (SSSR count). The van der Waals surface area contributed by atoms with E-state index in [1.807, 2.05) is 5.70 Å². The lowest BCUT2D eigenvalue weighted by Gasteiger charge is -2.26. The lowest BCUT2D eigenvalue weighted by molar-refractivity contribution is 0.0850. The maximum absolute atomic E-state index is 5.23. The van der Waals surface area contributed by atoms with Gasteiger partial charge in [0.15, 0.2) is 0 Å². The molecule has 2 nitrogen and oxygen atoms in total. The fourth-order valence-corrected chi connectivity index (χ4v) is 4.16. The second kappa shape index (κ2) is 3.58. The van der Waals surface area contributed by atoms with Crippen molar-refractivity contribution in [2.24, 2.45) is 10.8 Å². The average Bonchev–Trinajstić information content (AvgIpc) is 2.77. The summed E-state index contributed by atoms with van der Waals surface area (Å²) >= 11 is 0. The summed E-state index contributed by atoms with van der Waals surface area (Å²) in [5, 5.41) is 1.28. The van der Waals surface area contributed by atoms with Gasteiger partial charge in [0.2, 0.25) is 0 Å². The van der Waals surface area contributed by atoms with Crippen LogP contribution in [0.3, 0.4) is 0 Å². The maximum Gasteiger partial charge on any atom is 0.456 e. The van der Waals surface area contributed by atoms with Crippen LogP contribution in [-0.2, 0) is 9.15 Å². The van der Waals surface area contributed by atoms with Crippen molar-refractivity contribution in [2.45, 2.75) is 41.5 Å². The standard InChI is InChI=1S/C12H22O2Si/c1-8-15(13-14-15)10(12(5,6)7)9-11(2,3)4/h8-9H,1H2,2-7H3/b10-9+. The first-order chi connectivity index (χ1) is 6.61. The minimum absolute atomic E-state index is 0.0736. The Kier molecular flexibility index (Phi) is 3.02. The summed E-state index contributed by atoms with van der Waals surface area (Å²) in [5.41, 5.74) is 2.07. The lowest BCUT2D eigenvalue weighted by atomic mass is 9.88. The first kappa shape index (κ1) is 12.7. The van der Waals surface area contributed by atoms with Gasteiger partial charge in [-0.15, -0.1) is 6.58 Å². The van der Waals surface area contributed by atoms with Crippen LogP contribution in [0.2, 0.25) is 0 Å². The molecule has 1 aliphatic heterocycles. The van der Waals surface area contributed by atoms with Crippen LogP contribution >= 0.6 is 0 Å². The molecule has 0 spiro atoms. The number of allylic oxidation sites excluding steroid dienone is 2. The third-order valence-electron chi connectivity index (χ3n) is 2.29. The molecule has 0 radical (unpaired) electrons. The first-order valence-electron chi connectivity index (χ1n) is 5.35. The smallest absolute Gasteiger partial charge is 0.246 e. The summed E-state index contributed by atoms with van der Waals surface area (Å²) in [4.78, 5) is 0. The molecule has 0 saturated carbocycles. The molecular weight excluding hydrogens is 204 g/mol. The Morgan fingerprint density at radius 1 is 1.07 bits per heavy atom. The van der Waals surface area contributed by atoms with Crippen molar-refractivity contribution in [1.82, 2.24) is 0 Å². The van der Waals surface area contributed by atoms with E-state index < -0.39 is 8.56 Å². The second-order valence-electron chi connectivity index (χ2n) is 6.21. The Balaban J connectivity index is 3.11. The van der Waals surface area contributed by atoms with Gasteiger partial charge in [0, 0.05) is 0 Å². The SMILES string of the molecule is C=C[Si]1(/C(=C/C(C)(C)C)C(C)(C)C)OO1. The molecule has 1 fully saturated rings. The van der Waals surface area contributed by atoms with E-state index >= 15 is 0 Å². The van der Waals surface area contributed by atoms with Crippen molar-refractivity contribution >= 4 is 8.56 Å². The van der Waals surface area contributed by atoms with Gasteiger partial charge in [0.25, 0.3) is 0 Å². The van der Waals surface area contributed by atoms with E-state index in [9.17, 15) is 0 Å². The van der Waals surface area contributed by atoms with Gasteiger partial charge in [-0.2, -0.15) is 0 Å². The first-order valence-corrected chi connectivity index (χ1v) is 7.24. The Morgan fingerprint density at radius 2 is 1.53 bits per heavy atom. The van der Waals surface area contributed by atoms with Gasteiger partial charge in [-0.3, -0.25) is 0 Å². The Bertz CT molecular complexity index is 288. The van der Waals surface area contributed by atoms with Gasteiger partial charge in [-0.05, 0) is 21.7 Å². The van der Waals surface area contributed by atoms with Gasteiger partial charge >= 0.3 is 8.56 Å². The van der Waals surface area contributed by atoms with Gasteiger partial charge in [-0.25, -0.2) is 9.15 Å². The lowest BCUT2D eigenvalue weighted by Crippen LogP contribution is -2.29. The van der Waals surface area contributed by atoms with E-state index in [4.69, 9.17) is 9.15 Å². The monoisotopic (exact) mass is 226 g/mol. The van der Waals surface area contributed by atoms with Crippen molar-refractivity contribution in [1.29, 1.82) is 0 Å². The molecule has 1 saturated heterocycles. The molecule has 1 heterocycles. The highest BCUT2D eigenvalue weighted by atomic mass is 28.4. The topological polar surface area (TPSA) is 25.1 Å². The summed E-state index contributed by atoms with van der Waals surface area (Å²) in [6, 6.07) is 0. The fraction of sp³-hybridized carbons (Fsp3) is 0.667. The molecule has 1 aliphatic rings. The van der Waals surface area contributed by atoms with Gasteiger partial charge in [0.1, 0.15) is 0 Å². The molecule has 0 aromatic rings. The summed E-state index contributed by atoms with van der Waals surface area (Å²) < 4.78 is 10.5. The van der Waals surface area contributed by atoms with Crippen LogP contribution in [0.15, 0.2) is 23.6 Å². The Hall–Kier alpha value is -0.383. The molecule has 0 aromatic heterocycles. The third-order valence-corrected chi connectivity index (χ3v) is 5.00. The number of hydrogen-bond donors (Lipinski definition) is 0. The highest BCUT2D eigenvalue weighted by molar-refractivity contribution is 6.84. The number of rotatable bonds is 2. The van der Waals surface area contributed by atoms with E-state index in [0.717, 1.165) is 0 Å². The highest BCUT2D eigenvalue weighted by Gasteiger charge is 2.58. The minimum Gasteiger partial charge on any atom is -0.246 e. The molecule has 0 amide bonds. The molecule has 0 bridgehead atoms. The summed E-state index contributed by atoms with van der Waals surface area (Å²) in [6.07, 6.45) is 2.27. The molecular formula is C12H22O2Si. The van der Waals surface area contributed by atoms with E-state index in [-0.39, 0.29) is 10.8 Å². The van der Waals surface area contributed by atoms with Crippen LogP contribution < -0.4 is 0 Å². The van der Waals surface area contributed by atoms with E-state index in [1.54, 1.807) is 0 Å². The maximum atomic E-state index is 5.23. The predicted molar refractivity (Wildman–Crippen MR) is 65.1 cm³/mol. The molecule has 3 heteroatoms. The molecule has 15 heavy (non-hydrogen) atoms. The normalized spacial score (nSPS) is 21.3. The Labute approximate surface area is 94.2 Å². The average molecular weight is 226 g/mol. The van der Waals surface area contributed by atoms with E-state index in [1.165, 1.54) is 5.20 Å². The summed E-state index contributed by atoms with van der Waals surface area (Å²) in [6.45, 7) is 17.0. The van der Waals surface area contributed by atoms with Crippen LogP contribution in [0.1, 0.15) is 41.5 Å². The van der Waals surface area contributed by atoms with Gasteiger partial charge in [0.05, 0.1) is 0 Å². The van der Waals surface area contributed by atoms with Crippen molar-refractivity contribution in [3.05, 3.63) is 23.6 Å². The third kappa shape index (κ3) is 3.03. The molecule has 0 N–H and O–H groups in total. The Morgan fingerprint density at radius 3 is 1.73 bits per heavy atom. The summed E-state index contributed by atoms with van der Waals surface area (Å²) in [5.74, 6) is 0. The largest absolute Gasteiger partial charge is 0.456 e. The molecule has 0 atom stereocenters. The molecule has 86 valence electrons. The quantitative estimate of drug-likeness (QED) is 0.408. The van der Waals surface area contributed by atoms with Crippen molar-refractivity contribution in [2.75, 3.05) is 0 Å². The van der Waals surface area contributed by atoms with Crippen molar-refractivity contribution in [3.8, 4) is 0 Å². The minimum atomic E-state index is -2.18. The van der Waals surface area contributed by atoms with E-state index in [2.05, 4.69) is 54.2 Å².